The number of aromatic nitrogens is 5. The molecule has 2 aromatic rings. The van der Waals surface area contributed by atoms with Crippen molar-refractivity contribution in [2.24, 2.45) is 0 Å². The number of fused-ring (bicyclic) bond motifs is 2. The molecular weight excluding hydrogens is 476 g/mol. The predicted octanol–water partition coefficient (Wildman–Crippen LogP) is -1.35. The number of carbonyl (C=O) groups excluding carboxylic acids is 2. The van der Waals surface area contributed by atoms with Crippen LogP contribution in [-0.4, -0.2) is 87.0 Å². The van der Waals surface area contributed by atoms with Crippen LogP contribution in [0.1, 0.15) is 0 Å². The van der Waals surface area contributed by atoms with Gasteiger partial charge in [0, 0.05) is 11.5 Å². The average molecular weight is 489 g/mol. The summed E-state index contributed by atoms with van der Waals surface area (Å²) >= 11 is 8.04. The predicted molar refractivity (Wildman–Crippen MR) is 116 cm³/mol. The van der Waals surface area contributed by atoms with Crippen LogP contribution in [0.4, 0.5) is 0 Å². The monoisotopic (exact) mass is 488 g/mol. The molecule has 2 aliphatic heterocycles. The van der Waals surface area contributed by atoms with E-state index in [9.17, 15) is 19.5 Å². The number of rotatable bonds is 8. The number of carboxylic acids is 1. The topological polar surface area (TPSA) is 155 Å². The third-order valence-electron chi connectivity index (χ3n) is 4.97. The van der Waals surface area contributed by atoms with Crippen molar-refractivity contribution in [1.82, 2.24) is 40.8 Å². The Morgan fingerprint density at radius 3 is 3.00 bits per heavy atom. The number of hydrogen-bond donors (Lipinski definition) is 3. The van der Waals surface area contributed by atoms with Gasteiger partial charge in [0.25, 0.3) is 5.91 Å². The second-order valence-corrected chi connectivity index (χ2v) is 9.38. The molecule has 3 N–H and O–H groups in total. The van der Waals surface area contributed by atoms with Gasteiger partial charge in [0.05, 0.1) is 0 Å². The number of carboxylic acid groups (broad SMARTS) is 1. The first-order valence-electron chi connectivity index (χ1n) is 9.08. The molecule has 0 bridgehead atoms. The van der Waals surface area contributed by atoms with Gasteiger partial charge in [-0.2, -0.15) is 0 Å². The van der Waals surface area contributed by atoms with Crippen LogP contribution in [-0.2, 0) is 14.4 Å². The van der Waals surface area contributed by atoms with Crippen LogP contribution >= 0.6 is 35.7 Å². The Hall–Kier alpha value is -3.22. The molecular formula is C17H12N8O4S3. The summed E-state index contributed by atoms with van der Waals surface area (Å²) in [7, 11) is 0. The van der Waals surface area contributed by atoms with E-state index in [2.05, 4.69) is 43.1 Å². The third kappa shape index (κ3) is 3.36. The molecule has 4 heterocycles. The van der Waals surface area contributed by atoms with E-state index < -0.39 is 28.8 Å². The summed E-state index contributed by atoms with van der Waals surface area (Å²) in [5, 5.41) is 30.7. The maximum atomic E-state index is 12.8. The van der Waals surface area contributed by atoms with E-state index in [0.717, 1.165) is 0 Å². The van der Waals surface area contributed by atoms with Crippen LogP contribution in [0.5, 0.6) is 0 Å². The van der Waals surface area contributed by atoms with E-state index in [-0.39, 0.29) is 10.7 Å². The molecule has 12 nitrogen and oxygen atoms in total. The summed E-state index contributed by atoms with van der Waals surface area (Å²) in [4.78, 5) is 37.0. The Bertz CT molecular complexity index is 1270. The minimum atomic E-state index is -1.17. The maximum Gasteiger partial charge on any atom is 0.352 e. The Kier molecular flexibility index (Phi) is 4.99. The fourth-order valence-electron chi connectivity index (χ4n) is 3.32. The quantitative estimate of drug-likeness (QED) is 0.132. The Morgan fingerprint density at radius 1 is 1.47 bits per heavy atom. The number of thioether (sulfide) groups is 2. The summed E-state index contributed by atoms with van der Waals surface area (Å²) in [6, 6.07) is 2.76. The molecule has 2 aromatic heterocycles. The molecule has 1 unspecified atom stereocenters. The molecule has 162 valence electrons. The molecule has 0 saturated carbocycles. The fourth-order valence-corrected chi connectivity index (χ4v) is 5.94. The van der Waals surface area contributed by atoms with Crippen LogP contribution in [0.15, 0.2) is 28.4 Å². The van der Waals surface area contributed by atoms with Crippen molar-refractivity contribution in [3.05, 3.63) is 23.4 Å². The van der Waals surface area contributed by atoms with Crippen molar-refractivity contribution in [3.8, 4) is 11.8 Å². The maximum absolute atomic E-state index is 12.8. The molecule has 32 heavy (non-hydrogen) atoms. The van der Waals surface area contributed by atoms with Crippen LogP contribution in [0.3, 0.4) is 0 Å². The van der Waals surface area contributed by atoms with Gasteiger partial charge in [-0.3, -0.25) is 14.5 Å². The highest BCUT2D eigenvalue weighted by molar-refractivity contribution is 8.01. The number of nitrogens with zero attached hydrogens (tertiary/aromatic N) is 6. The summed E-state index contributed by atoms with van der Waals surface area (Å²) in [5.41, 5.74) is 0.00153. The molecule has 1 saturated heterocycles. The fraction of sp³-hybridized carbons (Fsp3) is 0.294. The number of nitrogens with one attached hydrogen (secondary N) is 2. The van der Waals surface area contributed by atoms with Gasteiger partial charge >= 0.3 is 5.97 Å². The van der Waals surface area contributed by atoms with E-state index in [1.54, 1.807) is 12.1 Å². The van der Waals surface area contributed by atoms with E-state index in [4.69, 9.17) is 12.2 Å². The van der Waals surface area contributed by atoms with E-state index in [0.29, 0.717) is 34.2 Å². The zero-order valence-corrected chi connectivity index (χ0v) is 18.3. The number of β-lactam (4-membered cyclic amide) rings is 1. The van der Waals surface area contributed by atoms with E-state index >= 15 is 0 Å². The molecule has 15 heteroatoms. The van der Waals surface area contributed by atoms with Gasteiger partial charge in [-0.1, -0.05) is 24.1 Å². The highest BCUT2D eigenvalue weighted by atomic mass is 32.2. The lowest BCUT2D eigenvalue weighted by Crippen LogP contribution is -2.71. The zero-order valence-electron chi connectivity index (χ0n) is 15.9. The molecule has 2 amide bonds. The Morgan fingerprint density at radius 2 is 2.28 bits per heavy atom. The van der Waals surface area contributed by atoms with Gasteiger partial charge in [0.15, 0.2) is 5.65 Å². The lowest BCUT2D eigenvalue weighted by Gasteiger charge is -2.50. The molecule has 1 fully saturated rings. The largest absolute Gasteiger partial charge is 0.477 e. The molecule has 3 aliphatic rings. The van der Waals surface area contributed by atoms with Gasteiger partial charge in [0.1, 0.15) is 27.1 Å². The van der Waals surface area contributed by atoms with Crippen molar-refractivity contribution in [3.63, 3.8) is 0 Å². The van der Waals surface area contributed by atoms with Crippen LogP contribution in [0.2, 0.25) is 0 Å². The molecule has 0 radical (unpaired) electrons. The number of aliphatic carboxylic acids is 1. The van der Waals surface area contributed by atoms with Crippen LogP contribution in [0.25, 0.3) is 5.65 Å². The molecule has 0 aromatic carbocycles. The van der Waals surface area contributed by atoms with Gasteiger partial charge in [-0.05, 0) is 28.1 Å². The van der Waals surface area contributed by atoms with Crippen molar-refractivity contribution in [2.75, 3.05) is 11.5 Å². The summed E-state index contributed by atoms with van der Waals surface area (Å²) in [5.74, 6) is 4.61. The normalized spacial score (nSPS) is 22.4. The van der Waals surface area contributed by atoms with Crippen molar-refractivity contribution >= 4 is 64.7 Å². The first kappa shape index (κ1) is 20.7. The standard InChI is InChI=1S/C17H12N8O4S3/c26-7-18-17(3-4-17)16(30)19-11-13(27)24-12(15(28)29)8(6-32-14(11)24)5-31-10-2-1-9-20-22-23-25(9)21-10/h1-2,7,11,14H,5-6H2,(H,18,26)(H,19,30)(H,28,29)/t11?,14-/m0/s1. The van der Waals surface area contributed by atoms with Crippen LogP contribution < -0.4 is 10.6 Å². The lowest BCUT2D eigenvalue weighted by atomic mass is 10.0. The first-order valence-corrected chi connectivity index (χ1v) is 11.5. The number of tetrazole rings is 1. The first-order chi connectivity index (χ1) is 15.4. The van der Waals surface area contributed by atoms with Gasteiger partial charge < -0.3 is 15.7 Å². The minimum Gasteiger partial charge on any atom is -0.477 e. The second-order valence-electron chi connectivity index (χ2n) is 6.87. The molecule has 0 spiro atoms. The SMILES string of the molecule is O=CNC1(C(=S)NC2C(=O)N3C(C(=O)O)=C(CSc4ccc5nnnn5n4)CS[C@@H]23)C#C1. The van der Waals surface area contributed by atoms with Gasteiger partial charge in [-0.25, -0.2) is 4.79 Å². The smallest absolute Gasteiger partial charge is 0.352 e. The van der Waals surface area contributed by atoms with Gasteiger partial charge in [-0.15, -0.1) is 38.4 Å². The Labute approximate surface area is 193 Å². The number of hydrogen-bond acceptors (Lipinski definition) is 10. The summed E-state index contributed by atoms with van der Waals surface area (Å²) < 4.78 is 1.29. The minimum absolute atomic E-state index is 0.0258. The van der Waals surface area contributed by atoms with E-state index in [1.807, 2.05) is 0 Å². The Balaban J connectivity index is 1.30. The molecule has 1 aliphatic carbocycles. The van der Waals surface area contributed by atoms with Crippen molar-refractivity contribution in [1.29, 1.82) is 0 Å². The van der Waals surface area contributed by atoms with Crippen molar-refractivity contribution in [2.45, 2.75) is 22.0 Å². The number of thiocarbonyl (C=S) groups is 1. The number of amides is 2. The summed E-state index contributed by atoms with van der Waals surface area (Å²) in [6.45, 7) is 0. The average Bonchev–Trinajstić information content (AvgIpc) is 3.42. The van der Waals surface area contributed by atoms with Crippen molar-refractivity contribution < 1.29 is 19.5 Å². The summed E-state index contributed by atoms with van der Waals surface area (Å²) in [6.07, 6.45) is 0.479. The van der Waals surface area contributed by atoms with Crippen LogP contribution in [0, 0.1) is 11.8 Å². The molecule has 5 rings (SSSR count). The highest BCUT2D eigenvalue weighted by Gasteiger charge is 2.55. The molecule has 2 atom stereocenters. The van der Waals surface area contributed by atoms with E-state index in [1.165, 1.54) is 33.1 Å². The van der Waals surface area contributed by atoms with Gasteiger partial charge in [0.2, 0.25) is 11.9 Å². The lowest BCUT2D eigenvalue weighted by molar-refractivity contribution is -0.148. The third-order valence-corrected chi connectivity index (χ3v) is 7.74. The highest BCUT2D eigenvalue weighted by Crippen LogP contribution is 2.41. The number of carbonyl (C=O) groups is 3. The zero-order chi connectivity index (χ0) is 22.5. The second kappa shape index (κ2) is 7.73.